The van der Waals surface area contributed by atoms with Gasteiger partial charge in [-0.1, -0.05) is 36.4 Å². The predicted molar refractivity (Wildman–Crippen MR) is 75.4 cm³/mol. The summed E-state index contributed by atoms with van der Waals surface area (Å²) in [6, 6.07) is 15.6. The van der Waals surface area contributed by atoms with Crippen LogP contribution in [0.15, 0.2) is 59.5 Å². The molecule has 0 fully saturated rings. The van der Waals surface area contributed by atoms with Gasteiger partial charge in [0.25, 0.3) is 5.56 Å². The van der Waals surface area contributed by atoms with Crippen LogP contribution in [-0.4, -0.2) is 9.38 Å². The van der Waals surface area contributed by atoms with E-state index in [9.17, 15) is 4.79 Å². The van der Waals surface area contributed by atoms with Crippen molar-refractivity contribution in [1.82, 2.24) is 9.38 Å². The molecule has 0 saturated carbocycles. The Hall–Kier alpha value is -2.42. The van der Waals surface area contributed by atoms with E-state index in [0.717, 1.165) is 16.8 Å². The quantitative estimate of drug-likeness (QED) is 0.700. The van der Waals surface area contributed by atoms with E-state index in [1.165, 1.54) is 0 Å². The molecule has 2 heterocycles. The third-order valence-electron chi connectivity index (χ3n) is 3.26. The van der Waals surface area contributed by atoms with Crippen molar-refractivity contribution in [2.75, 3.05) is 0 Å². The van der Waals surface area contributed by atoms with Gasteiger partial charge >= 0.3 is 0 Å². The zero-order chi connectivity index (χ0) is 13.2. The van der Waals surface area contributed by atoms with Gasteiger partial charge in [-0.05, 0) is 24.6 Å². The van der Waals surface area contributed by atoms with Gasteiger partial charge in [-0.25, -0.2) is 4.98 Å². The summed E-state index contributed by atoms with van der Waals surface area (Å²) in [4.78, 5) is 17.0. The fourth-order valence-corrected chi connectivity index (χ4v) is 2.24. The second kappa shape index (κ2) is 4.69. The highest BCUT2D eigenvalue weighted by Gasteiger charge is 2.09. The Balaban J connectivity index is 2.16. The van der Waals surface area contributed by atoms with Crippen LogP contribution in [0.1, 0.15) is 16.8 Å². The summed E-state index contributed by atoms with van der Waals surface area (Å²) in [7, 11) is 0. The Morgan fingerprint density at radius 2 is 1.79 bits per heavy atom. The number of aromatic nitrogens is 2. The number of hydrogen-bond donors (Lipinski definition) is 0. The van der Waals surface area contributed by atoms with Crippen molar-refractivity contribution < 1.29 is 0 Å². The number of fused-ring (bicyclic) bond motifs is 1. The summed E-state index contributed by atoms with van der Waals surface area (Å²) in [5, 5.41) is 0. The van der Waals surface area contributed by atoms with E-state index >= 15 is 0 Å². The molecule has 0 aliphatic carbocycles. The van der Waals surface area contributed by atoms with E-state index in [4.69, 9.17) is 0 Å². The van der Waals surface area contributed by atoms with Gasteiger partial charge in [-0.2, -0.15) is 0 Å². The van der Waals surface area contributed by atoms with Crippen LogP contribution in [0.25, 0.3) is 5.65 Å². The lowest BCUT2D eigenvalue weighted by atomic mass is 10.1. The first kappa shape index (κ1) is 11.7. The third kappa shape index (κ3) is 2.15. The second-order valence-electron chi connectivity index (χ2n) is 4.57. The van der Waals surface area contributed by atoms with Crippen LogP contribution in [0.4, 0.5) is 0 Å². The Morgan fingerprint density at radius 1 is 1.05 bits per heavy atom. The summed E-state index contributed by atoms with van der Waals surface area (Å²) < 4.78 is 1.60. The van der Waals surface area contributed by atoms with Crippen LogP contribution in [0.3, 0.4) is 0 Å². The van der Waals surface area contributed by atoms with Gasteiger partial charge in [0.1, 0.15) is 5.65 Å². The van der Waals surface area contributed by atoms with Crippen molar-refractivity contribution in [3.05, 3.63) is 81.9 Å². The maximum atomic E-state index is 12.5. The maximum Gasteiger partial charge on any atom is 0.261 e. The van der Waals surface area contributed by atoms with Gasteiger partial charge in [0, 0.05) is 23.9 Å². The third-order valence-corrected chi connectivity index (χ3v) is 3.26. The molecule has 0 saturated heterocycles. The van der Waals surface area contributed by atoms with Crippen molar-refractivity contribution in [2.24, 2.45) is 0 Å². The Bertz CT molecular complexity index is 776. The molecular weight excluding hydrogens is 236 g/mol. The molecule has 94 valence electrons. The fourth-order valence-electron chi connectivity index (χ4n) is 2.24. The van der Waals surface area contributed by atoms with Crippen molar-refractivity contribution in [1.29, 1.82) is 0 Å². The Kier molecular flexibility index (Phi) is 2.88. The van der Waals surface area contributed by atoms with E-state index in [-0.39, 0.29) is 5.56 Å². The minimum Gasteiger partial charge on any atom is -0.269 e. The molecule has 3 heteroatoms. The lowest BCUT2D eigenvalue weighted by Gasteiger charge is -2.07. The average molecular weight is 250 g/mol. The molecule has 0 aliphatic rings. The van der Waals surface area contributed by atoms with E-state index in [1.807, 2.05) is 55.5 Å². The molecule has 3 rings (SSSR count). The SMILES string of the molecule is Cc1nc2ccccn2c(=O)c1Cc1ccccc1. The molecule has 0 atom stereocenters. The summed E-state index contributed by atoms with van der Waals surface area (Å²) in [5.74, 6) is 0. The predicted octanol–water partition coefficient (Wildman–Crippen LogP) is 2.59. The number of pyridine rings is 1. The van der Waals surface area contributed by atoms with Gasteiger partial charge in [0.15, 0.2) is 0 Å². The molecular formula is C16H14N2O. The van der Waals surface area contributed by atoms with E-state index < -0.39 is 0 Å². The number of aryl methyl sites for hydroxylation is 1. The zero-order valence-electron chi connectivity index (χ0n) is 10.7. The smallest absolute Gasteiger partial charge is 0.261 e. The van der Waals surface area contributed by atoms with Crippen molar-refractivity contribution in [3.8, 4) is 0 Å². The molecule has 3 aromatic rings. The summed E-state index contributed by atoms with van der Waals surface area (Å²) in [5.41, 5.74) is 3.41. The highest BCUT2D eigenvalue weighted by Crippen LogP contribution is 2.09. The molecule has 3 nitrogen and oxygen atoms in total. The molecule has 0 amide bonds. The van der Waals surface area contributed by atoms with Crippen LogP contribution in [0.2, 0.25) is 0 Å². The van der Waals surface area contributed by atoms with Gasteiger partial charge in [0.2, 0.25) is 0 Å². The lowest BCUT2D eigenvalue weighted by molar-refractivity contribution is 0.951. The van der Waals surface area contributed by atoms with Crippen LogP contribution < -0.4 is 5.56 Å². The van der Waals surface area contributed by atoms with Crippen LogP contribution in [0, 0.1) is 6.92 Å². The summed E-state index contributed by atoms with van der Waals surface area (Å²) in [6.07, 6.45) is 2.38. The van der Waals surface area contributed by atoms with Crippen LogP contribution in [0.5, 0.6) is 0 Å². The molecule has 0 radical (unpaired) electrons. The van der Waals surface area contributed by atoms with Gasteiger partial charge in [-0.3, -0.25) is 9.20 Å². The highest BCUT2D eigenvalue weighted by molar-refractivity contribution is 5.41. The number of hydrogen-bond acceptors (Lipinski definition) is 2. The molecule has 0 bridgehead atoms. The van der Waals surface area contributed by atoms with Gasteiger partial charge < -0.3 is 0 Å². The van der Waals surface area contributed by atoms with Crippen LogP contribution in [-0.2, 0) is 6.42 Å². The first-order chi connectivity index (χ1) is 9.25. The minimum atomic E-state index is 0.0203. The van der Waals surface area contributed by atoms with E-state index in [1.54, 1.807) is 10.6 Å². The molecule has 2 aromatic heterocycles. The maximum absolute atomic E-state index is 12.5. The van der Waals surface area contributed by atoms with Gasteiger partial charge in [0.05, 0.1) is 0 Å². The molecule has 0 N–H and O–H groups in total. The topological polar surface area (TPSA) is 34.4 Å². The standard InChI is InChI=1S/C16H14N2O/c1-12-14(11-13-7-3-2-4-8-13)16(19)18-10-6-5-9-15(18)17-12/h2-10H,11H2,1H3. The highest BCUT2D eigenvalue weighted by atomic mass is 16.1. The first-order valence-corrected chi connectivity index (χ1v) is 6.26. The number of rotatable bonds is 2. The van der Waals surface area contributed by atoms with Crippen molar-refractivity contribution in [3.63, 3.8) is 0 Å². The van der Waals surface area contributed by atoms with E-state index in [0.29, 0.717) is 12.1 Å². The Morgan fingerprint density at radius 3 is 2.58 bits per heavy atom. The number of nitrogens with zero attached hydrogens (tertiary/aromatic N) is 2. The largest absolute Gasteiger partial charge is 0.269 e. The molecule has 19 heavy (non-hydrogen) atoms. The van der Waals surface area contributed by atoms with Crippen molar-refractivity contribution >= 4 is 5.65 Å². The average Bonchev–Trinajstić information content (AvgIpc) is 2.45. The molecule has 1 aromatic carbocycles. The summed E-state index contributed by atoms with van der Waals surface area (Å²) >= 11 is 0. The molecule has 0 aliphatic heterocycles. The second-order valence-corrected chi connectivity index (χ2v) is 4.57. The fraction of sp³-hybridized carbons (Fsp3) is 0.125. The Labute approximate surface area is 111 Å². The van der Waals surface area contributed by atoms with E-state index in [2.05, 4.69) is 4.98 Å². The zero-order valence-corrected chi connectivity index (χ0v) is 10.7. The first-order valence-electron chi connectivity index (χ1n) is 6.26. The minimum absolute atomic E-state index is 0.0203. The van der Waals surface area contributed by atoms with Gasteiger partial charge in [-0.15, -0.1) is 0 Å². The van der Waals surface area contributed by atoms with Crippen molar-refractivity contribution in [2.45, 2.75) is 13.3 Å². The van der Waals surface area contributed by atoms with Crippen LogP contribution >= 0.6 is 0 Å². The lowest BCUT2D eigenvalue weighted by Crippen LogP contribution is -2.21. The molecule has 0 spiro atoms. The summed E-state index contributed by atoms with van der Waals surface area (Å²) in [6.45, 7) is 1.90. The molecule has 0 unspecified atom stereocenters. The number of benzene rings is 1. The normalized spacial score (nSPS) is 10.8. The monoisotopic (exact) mass is 250 g/mol.